The SMILES string of the molecule is COc1cc(/C=C/C(=O)O)cc(OC)c1Br. The highest BCUT2D eigenvalue weighted by Crippen LogP contribution is 2.35. The summed E-state index contributed by atoms with van der Waals surface area (Å²) >= 11 is 3.33. The molecule has 4 nitrogen and oxygen atoms in total. The number of hydrogen-bond acceptors (Lipinski definition) is 3. The van der Waals surface area contributed by atoms with Crippen LogP contribution in [0.5, 0.6) is 11.5 Å². The first kappa shape index (κ1) is 12.6. The summed E-state index contributed by atoms with van der Waals surface area (Å²) in [6, 6.07) is 3.43. The van der Waals surface area contributed by atoms with Crippen molar-refractivity contribution >= 4 is 28.0 Å². The minimum absolute atomic E-state index is 0.587. The van der Waals surface area contributed by atoms with Gasteiger partial charge in [0.2, 0.25) is 0 Å². The number of carbonyl (C=O) groups is 1. The third kappa shape index (κ3) is 3.00. The molecule has 16 heavy (non-hydrogen) atoms. The summed E-state index contributed by atoms with van der Waals surface area (Å²) in [5.41, 5.74) is 0.694. The van der Waals surface area contributed by atoms with Gasteiger partial charge in [0.1, 0.15) is 16.0 Å². The van der Waals surface area contributed by atoms with Crippen LogP contribution in [0.1, 0.15) is 5.56 Å². The highest BCUT2D eigenvalue weighted by molar-refractivity contribution is 9.10. The second-order valence-electron chi connectivity index (χ2n) is 2.91. The van der Waals surface area contributed by atoms with E-state index in [4.69, 9.17) is 14.6 Å². The van der Waals surface area contributed by atoms with Crippen molar-refractivity contribution in [1.82, 2.24) is 0 Å². The van der Waals surface area contributed by atoms with Crippen molar-refractivity contribution in [1.29, 1.82) is 0 Å². The molecule has 0 amide bonds. The molecule has 0 fully saturated rings. The second kappa shape index (κ2) is 5.55. The Balaban J connectivity index is 3.16. The van der Waals surface area contributed by atoms with Gasteiger partial charge in [-0.15, -0.1) is 0 Å². The molecule has 0 heterocycles. The zero-order valence-corrected chi connectivity index (χ0v) is 10.4. The lowest BCUT2D eigenvalue weighted by Gasteiger charge is -2.09. The summed E-state index contributed by atoms with van der Waals surface area (Å²) in [5, 5.41) is 8.52. The van der Waals surface area contributed by atoms with Crippen molar-refractivity contribution in [2.45, 2.75) is 0 Å². The van der Waals surface area contributed by atoms with E-state index >= 15 is 0 Å². The highest BCUT2D eigenvalue weighted by Gasteiger charge is 2.08. The minimum atomic E-state index is -0.999. The number of carboxylic acid groups (broad SMARTS) is 1. The maximum Gasteiger partial charge on any atom is 0.328 e. The summed E-state index contributed by atoms with van der Waals surface area (Å²) < 4.78 is 11.0. The number of ether oxygens (including phenoxy) is 2. The molecular formula is C11H11BrO4. The molecule has 0 radical (unpaired) electrons. The van der Waals surface area contributed by atoms with Crippen LogP contribution in [0, 0.1) is 0 Å². The van der Waals surface area contributed by atoms with Crippen molar-refractivity contribution in [2.75, 3.05) is 14.2 Å². The van der Waals surface area contributed by atoms with Crippen LogP contribution in [0.15, 0.2) is 22.7 Å². The quantitative estimate of drug-likeness (QED) is 0.865. The summed E-state index contributed by atoms with van der Waals surface area (Å²) in [5.74, 6) is 0.176. The van der Waals surface area contributed by atoms with E-state index in [9.17, 15) is 4.79 Å². The number of benzene rings is 1. The average Bonchev–Trinajstić information content (AvgIpc) is 2.27. The molecule has 0 saturated carbocycles. The summed E-state index contributed by atoms with van der Waals surface area (Å²) in [7, 11) is 3.06. The first-order chi connectivity index (χ1) is 7.58. The Morgan fingerprint density at radius 1 is 1.31 bits per heavy atom. The number of halogens is 1. The predicted molar refractivity (Wildman–Crippen MR) is 63.9 cm³/mol. The molecule has 5 heteroatoms. The summed E-state index contributed by atoms with van der Waals surface area (Å²) in [6.07, 6.45) is 2.53. The van der Waals surface area contributed by atoms with Gasteiger partial charge in [-0.05, 0) is 39.7 Å². The maximum absolute atomic E-state index is 10.4. The molecule has 0 spiro atoms. The lowest BCUT2D eigenvalue weighted by molar-refractivity contribution is -0.131. The van der Waals surface area contributed by atoms with Gasteiger partial charge in [-0.25, -0.2) is 4.79 Å². The number of methoxy groups -OCH3 is 2. The fraction of sp³-hybridized carbons (Fsp3) is 0.182. The molecule has 0 bridgehead atoms. The van der Waals surface area contributed by atoms with Gasteiger partial charge in [0.05, 0.1) is 14.2 Å². The van der Waals surface area contributed by atoms with Crippen LogP contribution in [0.2, 0.25) is 0 Å². The smallest absolute Gasteiger partial charge is 0.328 e. The molecule has 0 aliphatic rings. The predicted octanol–water partition coefficient (Wildman–Crippen LogP) is 2.56. The van der Waals surface area contributed by atoms with Gasteiger partial charge in [-0.1, -0.05) is 0 Å². The zero-order chi connectivity index (χ0) is 12.1. The van der Waals surface area contributed by atoms with Gasteiger partial charge in [0, 0.05) is 6.08 Å². The van der Waals surface area contributed by atoms with E-state index in [2.05, 4.69) is 15.9 Å². The molecule has 0 unspecified atom stereocenters. The minimum Gasteiger partial charge on any atom is -0.495 e. The van der Waals surface area contributed by atoms with Crippen LogP contribution in [0.4, 0.5) is 0 Å². The van der Waals surface area contributed by atoms with Crippen molar-refractivity contribution in [3.63, 3.8) is 0 Å². The van der Waals surface area contributed by atoms with Crippen LogP contribution in [-0.2, 0) is 4.79 Å². The first-order valence-corrected chi connectivity index (χ1v) is 5.20. The Labute approximate surface area is 102 Å². The molecule has 1 aromatic rings. The van der Waals surface area contributed by atoms with E-state index in [0.29, 0.717) is 21.5 Å². The maximum atomic E-state index is 10.4. The largest absolute Gasteiger partial charge is 0.495 e. The van der Waals surface area contributed by atoms with Crippen LogP contribution in [-0.4, -0.2) is 25.3 Å². The fourth-order valence-electron chi connectivity index (χ4n) is 1.15. The molecule has 0 aliphatic carbocycles. The average molecular weight is 287 g/mol. The lowest BCUT2D eigenvalue weighted by Crippen LogP contribution is -1.91. The monoisotopic (exact) mass is 286 g/mol. The number of carboxylic acids is 1. The molecule has 0 aliphatic heterocycles. The van der Waals surface area contributed by atoms with Gasteiger partial charge in [-0.2, -0.15) is 0 Å². The van der Waals surface area contributed by atoms with E-state index in [0.717, 1.165) is 6.08 Å². The molecule has 0 saturated heterocycles. The van der Waals surface area contributed by atoms with Gasteiger partial charge < -0.3 is 14.6 Å². The molecule has 0 aromatic heterocycles. The topological polar surface area (TPSA) is 55.8 Å². The number of hydrogen-bond donors (Lipinski definition) is 1. The van der Waals surface area contributed by atoms with E-state index in [1.165, 1.54) is 20.3 Å². The van der Waals surface area contributed by atoms with E-state index in [1.54, 1.807) is 12.1 Å². The van der Waals surface area contributed by atoms with Crippen molar-refractivity contribution in [3.8, 4) is 11.5 Å². The third-order valence-corrected chi connectivity index (χ3v) is 2.67. The van der Waals surface area contributed by atoms with Crippen LogP contribution in [0.25, 0.3) is 6.08 Å². The molecule has 1 N–H and O–H groups in total. The second-order valence-corrected chi connectivity index (χ2v) is 3.70. The zero-order valence-electron chi connectivity index (χ0n) is 8.86. The lowest BCUT2D eigenvalue weighted by atomic mass is 10.2. The molecule has 86 valence electrons. The highest BCUT2D eigenvalue weighted by atomic mass is 79.9. The molecule has 0 atom stereocenters. The van der Waals surface area contributed by atoms with Crippen LogP contribution >= 0.6 is 15.9 Å². The van der Waals surface area contributed by atoms with Crippen molar-refractivity contribution in [2.24, 2.45) is 0 Å². The van der Waals surface area contributed by atoms with Gasteiger partial charge in [0.25, 0.3) is 0 Å². The van der Waals surface area contributed by atoms with Crippen LogP contribution in [0.3, 0.4) is 0 Å². The number of rotatable bonds is 4. The Hall–Kier alpha value is -1.49. The standard InChI is InChI=1S/C11H11BrO4/c1-15-8-5-7(3-4-10(13)14)6-9(16-2)11(8)12/h3-6H,1-2H3,(H,13,14)/b4-3+. The number of aliphatic carboxylic acids is 1. The molecular weight excluding hydrogens is 276 g/mol. The Bertz CT molecular complexity index is 401. The van der Waals surface area contributed by atoms with Crippen molar-refractivity contribution < 1.29 is 19.4 Å². The Morgan fingerprint density at radius 2 is 1.81 bits per heavy atom. The Kier molecular flexibility index (Phi) is 4.37. The molecule has 1 aromatic carbocycles. The first-order valence-electron chi connectivity index (χ1n) is 4.41. The van der Waals surface area contributed by atoms with Gasteiger partial charge in [0.15, 0.2) is 0 Å². The summed E-state index contributed by atoms with van der Waals surface area (Å²) in [4.78, 5) is 10.4. The molecule has 1 rings (SSSR count). The Morgan fingerprint density at radius 3 is 2.19 bits per heavy atom. The van der Waals surface area contributed by atoms with Gasteiger partial charge >= 0.3 is 5.97 Å². The van der Waals surface area contributed by atoms with Crippen LogP contribution < -0.4 is 9.47 Å². The van der Waals surface area contributed by atoms with E-state index < -0.39 is 5.97 Å². The van der Waals surface area contributed by atoms with Gasteiger partial charge in [-0.3, -0.25) is 0 Å². The third-order valence-electron chi connectivity index (χ3n) is 1.89. The normalized spacial score (nSPS) is 10.4. The van der Waals surface area contributed by atoms with Crippen molar-refractivity contribution in [3.05, 3.63) is 28.2 Å². The fourth-order valence-corrected chi connectivity index (χ4v) is 1.71. The van der Waals surface area contributed by atoms with E-state index in [-0.39, 0.29) is 0 Å². The summed E-state index contributed by atoms with van der Waals surface area (Å²) in [6.45, 7) is 0. The van der Waals surface area contributed by atoms with E-state index in [1.807, 2.05) is 0 Å².